The fraction of sp³-hybridized carbons (Fsp3) is 1.00. The molecular formula is C3H8NP. The van der Waals surface area contributed by atoms with Crippen molar-refractivity contribution in [3.63, 3.8) is 0 Å². The summed E-state index contributed by atoms with van der Waals surface area (Å²) in [5.41, 5.74) is 5.44. The standard InChI is InChI=1S/C3H8NP/c4-5-2-1-3-5/h1-4H2. The van der Waals surface area contributed by atoms with Crippen molar-refractivity contribution >= 4 is 8.07 Å². The van der Waals surface area contributed by atoms with Crippen LogP contribution in [-0.4, -0.2) is 12.3 Å². The summed E-state index contributed by atoms with van der Waals surface area (Å²) in [5.74, 6) is 0. The first-order chi connectivity index (χ1) is 2.39. The molecule has 0 radical (unpaired) electrons. The molecule has 2 heteroatoms. The summed E-state index contributed by atoms with van der Waals surface area (Å²) in [6, 6.07) is 0. The van der Waals surface area contributed by atoms with Gasteiger partial charge in [0, 0.05) is 0 Å². The maximum Gasteiger partial charge on any atom is -0.0193 e. The molecule has 0 unspecified atom stereocenters. The first-order valence-corrected chi connectivity index (χ1v) is 3.67. The van der Waals surface area contributed by atoms with Gasteiger partial charge in [-0.1, -0.05) is 0 Å². The molecule has 1 aliphatic heterocycles. The van der Waals surface area contributed by atoms with Gasteiger partial charge in [-0.05, 0) is 26.8 Å². The Kier molecular flexibility index (Phi) is 0.884. The highest BCUT2D eigenvalue weighted by atomic mass is 31.1. The van der Waals surface area contributed by atoms with Crippen LogP contribution < -0.4 is 5.50 Å². The average Bonchev–Trinajstić information content (AvgIpc) is 1.30. The average molecular weight is 89.1 g/mol. The second-order valence-corrected chi connectivity index (χ2v) is 3.46. The smallest absolute Gasteiger partial charge is 0.0193 e. The summed E-state index contributed by atoms with van der Waals surface area (Å²) in [4.78, 5) is 0. The third-order valence-electron chi connectivity index (χ3n) is 0.891. The van der Waals surface area contributed by atoms with E-state index in [2.05, 4.69) is 0 Å². The largest absolute Gasteiger partial charge is 0.310 e. The number of hydrogen-bond donors (Lipinski definition) is 1. The van der Waals surface area contributed by atoms with Gasteiger partial charge in [0.1, 0.15) is 0 Å². The molecule has 0 amide bonds. The fourth-order valence-electron chi connectivity index (χ4n) is 0.341. The molecular weight excluding hydrogens is 81.0 g/mol. The van der Waals surface area contributed by atoms with Crippen LogP contribution in [0.1, 0.15) is 6.42 Å². The number of rotatable bonds is 0. The van der Waals surface area contributed by atoms with E-state index in [1.165, 1.54) is 18.7 Å². The van der Waals surface area contributed by atoms with Crippen molar-refractivity contribution in [2.24, 2.45) is 5.50 Å². The normalized spacial score (nSPS) is 25.8. The third kappa shape index (κ3) is 0.614. The molecule has 1 aliphatic rings. The maximum absolute atomic E-state index is 5.44. The molecule has 1 rings (SSSR count). The van der Waals surface area contributed by atoms with Gasteiger partial charge in [0.05, 0.1) is 0 Å². The zero-order valence-electron chi connectivity index (χ0n) is 3.15. The van der Waals surface area contributed by atoms with Gasteiger partial charge < -0.3 is 5.50 Å². The Morgan fingerprint density at radius 2 is 1.80 bits per heavy atom. The van der Waals surface area contributed by atoms with Crippen LogP contribution in [0.4, 0.5) is 0 Å². The molecule has 1 fully saturated rings. The predicted molar refractivity (Wildman–Crippen MR) is 25.5 cm³/mol. The van der Waals surface area contributed by atoms with Crippen molar-refractivity contribution < 1.29 is 0 Å². The van der Waals surface area contributed by atoms with E-state index >= 15 is 0 Å². The zero-order valence-corrected chi connectivity index (χ0v) is 4.04. The molecule has 1 nitrogen and oxygen atoms in total. The Bertz CT molecular complexity index is 33.9. The van der Waals surface area contributed by atoms with Gasteiger partial charge >= 0.3 is 0 Å². The van der Waals surface area contributed by atoms with Crippen LogP contribution in [0.3, 0.4) is 0 Å². The van der Waals surface area contributed by atoms with Gasteiger partial charge in [-0.3, -0.25) is 0 Å². The highest BCUT2D eigenvalue weighted by molar-refractivity contribution is 7.56. The van der Waals surface area contributed by atoms with E-state index in [9.17, 15) is 0 Å². The molecule has 0 saturated carbocycles. The van der Waals surface area contributed by atoms with E-state index in [1.807, 2.05) is 0 Å². The predicted octanol–water partition coefficient (Wildman–Crippen LogP) is 0.746. The summed E-state index contributed by atoms with van der Waals surface area (Å²) in [6.07, 6.45) is 4.05. The van der Waals surface area contributed by atoms with Crippen LogP contribution in [0.15, 0.2) is 0 Å². The Labute approximate surface area is 33.4 Å². The van der Waals surface area contributed by atoms with Crippen molar-refractivity contribution in [2.75, 3.05) is 12.3 Å². The number of nitrogens with two attached hydrogens (primary N) is 1. The molecule has 0 spiro atoms. The Morgan fingerprint density at radius 1 is 1.40 bits per heavy atom. The van der Waals surface area contributed by atoms with Gasteiger partial charge in [-0.15, -0.1) is 0 Å². The van der Waals surface area contributed by atoms with Crippen LogP contribution in [0.5, 0.6) is 0 Å². The minimum absolute atomic E-state index is 0.0823. The van der Waals surface area contributed by atoms with Crippen LogP contribution in [0, 0.1) is 0 Å². The minimum Gasteiger partial charge on any atom is -0.310 e. The van der Waals surface area contributed by atoms with Crippen LogP contribution in [0.2, 0.25) is 0 Å². The second kappa shape index (κ2) is 1.24. The molecule has 30 valence electrons. The molecule has 2 N–H and O–H groups in total. The summed E-state index contributed by atoms with van der Waals surface area (Å²) in [7, 11) is 0.0823. The zero-order chi connectivity index (χ0) is 3.70. The molecule has 0 bridgehead atoms. The highest BCUT2D eigenvalue weighted by Crippen LogP contribution is 2.36. The van der Waals surface area contributed by atoms with E-state index in [-0.39, 0.29) is 8.07 Å². The lowest BCUT2D eigenvalue weighted by Crippen LogP contribution is -2.09. The lowest BCUT2D eigenvalue weighted by Gasteiger charge is -2.19. The van der Waals surface area contributed by atoms with Crippen molar-refractivity contribution in [1.29, 1.82) is 0 Å². The van der Waals surface area contributed by atoms with E-state index in [4.69, 9.17) is 5.50 Å². The molecule has 5 heavy (non-hydrogen) atoms. The lowest BCUT2D eigenvalue weighted by atomic mass is 10.5. The number of hydrogen-bond acceptors (Lipinski definition) is 1. The SMILES string of the molecule is NP1CCC1. The molecule has 1 heterocycles. The summed E-state index contributed by atoms with van der Waals surface area (Å²) in [6.45, 7) is 0. The fourth-order valence-corrected chi connectivity index (χ4v) is 1.02. The molecule has 0 aromatic heterocycles. The van der Waals surface area contributed by atoms with Crippen LogP contribution >= 0.6 is 8.07 Å². The second-order valence-electron chi connectivity index (χ2n) is 1.39. The van der Waals surface area contributed by atoms with Gasteiger partial charge in [0.25, 0.3) is 0 Å². The van der Waals surface area contributed by atoms with E-state index in [0.29, 0.717) is 0 Å². The molecule has 0 atom stereocenters. The first-order valence-electron chi connectivity index (χ1n) is 1.89. The molecule has 1 saturated heterocycles. The maximum atomic E-state index is 5.44. The molecule has 0 aliphatic carbocycles. The summed E-state index contributed by atoms with van der Waals surface area (Å²) in [5, 5.41) is 0. The first kappa shape index (κ1) is 3.58. The minimum atomic E-state index is 0.0823. The topological polar surface area (TPSA) is 26.0 Å². The van der Waals surface area contributed by atoms with Crippen molar-refractivity contribution in [3.05, 3.63) is 0 Å². The van der Waals surface area contributed by atoms with Crippen LogP contribution in [0.25, 0.3) is 0 Å². The van der Waals surface area contributed by atoms with Crippen LogP contribution in [-0.2, 0) is 0 Å². The highest BCUT2D eigenvalue weighted by Gasteiger charge is 2.09. The Morgan fingerprint density at radius 3 is 1.80 bits per heavy atom. The van der Waals surface area contributed by atoms with Gasteiger partial charge in [0.2, 0.25) is 0 Å². The molecule has 0 aromatic rings. The van der Waals surface area contributed by atoms with Crippen molar-refractivity contribution in [2.45, 2.75) is 6.42 Å². The van der Waals surface area contributed by atoms with E-state index in [1.54, 1.807) is 0 Å². The quantitative estimate of drug-likeness (QED) is 0.435. The van der Waals surface area contributed by atoms with Crippen molar-refractivity contribution in [3.8, 4) is 0 Å². The lowest BCUT2D eigenvalue weighted by molar-refractivity contribution is 1.02. The Hall–Kier alpha value is 0.390. The van der Waals surface area contributed by atoms with Gasteiger partial charge in [-0.2, -0.15) is 0 Å². The van der Waals surface area contributed by atoms with E-state index in [0.717, 1.165) is 0 Å². The monoisotopic (exact) mass is 89.0 g/mol. The third-order valence-corrected chi connectivity index (χ3v) is 2.67. The summed E-state index contributed by atoms with van der Waals surface area (Å²) >= 11 is 0. The van der Waals surface area contributed by atoms with Gasteiger partial charge in [0.15, 0.2) is 0 Å². The van der Waals surface area contributed by atoms with Gasteiger partial charge in [-0.25, -0.2) is 0 Å². The van der Waals surface area contributed by atoms with E-state index < -0.39 is 0 Å². The molecule has 0 aromatic carbocycles. The van der Waals surface area contributed by atoms with Crippen molar-refractivity contribution in [1.82, 2.24) is 0 Å². The summed E-state index contributed by atoms with van der Waals surface area (Å²) < 4.78 is 0. The Balaban J connectivity index is 2.08.